The molecule has 0 bridgehead atoms. The van der Waals surface area contributed by atoms with Crippen LogP contribution in [0.15, 0.2) is 66.7 Å². The summed E-state index contributed by atoms with van der Waals surface area (Å²) in [6, 6.07) is 22.4. The molecule has 0 N–H and O–H groups in total. The van der Waals surface area contributed by atoms with Crippen LogP contribution in [0.4, 0.5) is 5.69 Å². The molecule has 27 heavy (non-hydrogen) atoms. The zero-order valence-electron chi connectivity index (χ0n) is 15.6. The summed E-state index contributed by atoms with van der Waals surface area (Å²) >= 11 is 0. The van der Waals surface area contributed by atoms with Gasteiger partial charge in [-0.2, -0.15) is 0 Å². The van der Waals surface area contributed by atoms with Gasteiger partial charge in [-0.25, -0.2) is 0 Å². The van der Waals surface area contributed by atoms with Crippen LogP contribution in [0.5, 0.6) is 5.75 Å². The lowest BCUT2D eigenvalue weighted by Crippen LogP contribution is -2.41. The number of likely N-dealkylation sites (N-methyl/N-ethyl adjacent to an activating group) is 1. The van der Waals surface area contributed by atoms with Crippen LogP contribution in [-0.2, 0) is 11.3 Å². The minimum absolute atomic E-state index is 0.119. The number of nitrogens with zero attached hydrogens (tertiary/aromatic N) is 2. The zero-order chi connectivity index (χ0) is 18.6. The molecule has 0 saturated heterocycles. The van der Waals surface area contributed by atoms with Gasteiger partial charge in [0.2, 0.25) is 5.91 Å². The number of para-hydroxylation sites is 1. The van der Waals surface area contributed by atoms with Crippen molar-refractivity contribution in [2.45, 2.75) is 13.5 Å². The lowest BCUT2D eigenvalue weighted by atomic mass is 10.1. The third-order valence-corrected chi connectivity index (χ3v) is 5.07. The van der Waals surface area contributed by atoms with Crippen molar-refractivity contribution in [1.82, 2.24) is 4.90 Å². The number of amides is 1. The Morgan fingerprint density at radius 2 is 1.81 bits per heavy atom. The van der Waals surface area contributed by atoms with Crippen LogP contribution in [-0.4, -0.2) is 37.0 Å². The highest BCUT2D eigenvalue weighted by Gasteiger charge is 2.22. The molecular weight excluding hydrogens is 336 g/mol. The number of hydrogen-bond donors (Lipinski definition) is 0. The molecule has 0 atom stereocenters. The lowest BCUT2D eigenvalue weighted by molar-refractivity contribution is -0.119. The Kier molecular flexibility index (Phi) is 5.07. The molecule has 0 spiro atoms. The summed E-state index contributed by atoms with van der Waals surface area (Å²) in [7, 11) is 0. The molecule has 1 amide bonds. The van der Waals surface area contributed by atoms with Crippen LogP contribution >= 0.6 is 0 Å². The van der Waals surface area contributed by atoms with E-state index >= 15 is 0 Å². The predicted molar refractivity (Wildman–Crippen MR) is 109 cm³/mol. The van der Waals surface area contributed by atoms with Gasteiger partial charge in [-0.1, -0.05) is 54.6 Å². The summed E-state index contributed by atoms with van der Waals surface area (Å²) in [5.41, 5.74) is 2.11. The van der Waals surface area contributed by atoms with Crippen molar-refractivity contribution in [2.24, 2.45) is 0 Å². The van der Waals surface area contributed by atoms with Gasteiger partial charge < -0.3 is 9.64 Å². The molecule has 0 fully saturated rings. The van der Waals surface area contributed by atoms with Crippen molar-refractivity contribution in [2.75, 3.05) is 31.1 Å². The first kappa shape index (κ1) is 17.6. The van der Waals surface area contributed by atoms with E-state index in [4.69, 9.17) is 4.74 Å². The molecule has 1 aliphatic rings. The zero-order valence-corrected chi connectivity index (χ0v) is 15.6. The Morgan fingerprint density at radius 1 is 1.04 bits per heavy atom. The van der Waals surface area contributed by atoms with E-state index in [0.717, 1.165) is 40.9 Å². The van der Waals surface area contributed by atoms with Gasteiger partial charge in [0.05, 0.1) is 12.2 Å². The molecule has 0 aliphatic carbocycles. The van der Waals surface area contributed by atoms with Gasteiger partial charge in [-0.3, -0.25) is 9.69 Å². The van der Waals surface area contributed by atoms with Crippen molar-refractivity contribution in [3.05, 3.63) is 72.3 Å². The van der Waals surface area contributed by atoms with E-state index in [0.29, 0.717) is 19.7 Å². The Hall–Kier alpha value is -2.85. The molecule has 0 aromatic heterocycles. The minimum atomic E-state index is 0.119. The molecule has 4 heteroatoms. The fraction of sp³-hybridized carbons (Fsp3) is 0.261. The Bertz CT molecular complexity index is 949. The molecule has 138 valence electrons. The van der Waals surface area contributed by atoms with E-state index in [1.807, 2.05) is 54.3 Å². The van der Waals surface area contributed by atoms with E-state index in [9.17, 15) is 4.79 Å². The molecular formula is C23H24N2O2. The van der Waals surface area contributed by atoms with Crippen LogP contribution in [0.3, 0.4) is 0 Å². The molecule has 4 rings (SSSR count). The van der Waals surface area contributed by atoms with E-state index in [1.165, 1.54) is 0 Å². The summed E-state index contributed by atoms with van der Waals surface area (Å²) in [5, 5.41) is 2.26. The van der Waals surface area contributed by atoms with E-state index in [1.54, 1.807) is 0 Å². The molecule has 3 aromatic rings. The van der Waals surface area contributed by atoms with E-state index in [-0.39, 0.29) is 5.91 Å². The summed E-state index contributed by atoms with van der Waals surface area (Å²) in [6.07, 6.45) is 0. The molecule has 0 radical (unpaired) electrons. The van der Waals surface area contributed by atoms with Gasteiger partial charge in [-0.05, 0) is 24.4 Å². The van der Waals surface area contributed by atoms with Crippen LogP contribution in [0, 0.1) is 0 Å². The number of rotatable bonds is 4. The maximum Gasteiger partial charge on any atom is 0.241 e. The summed E-state index contributed by atoms with van der Waals surface area (Å²) in [5.74, 6) is 1.04. The van der Waals surface area contributed by atoms with Crippen molar-refractivity contribution in [3.8, 4) is 5.75 Å². The summed E-state index contributed by atoms with van der Waals surface area (Å²) < 4.78 is 5.82. The van der Waals surface area contributed by atoms with Crippen LogP contribution in [0.2, 0.25) is 0 Å². The third kappa shape index (κ3) is 3.67. The molecule has 1 heterocycles. The van der Waals surface area contributed by atoms with Crippen molar-refractivity contribution < 1.29 is 9.53 Å². The quantitative estimate of drug-likeness (QED) is 0.703. The second kappa shape index (κ2) is 7.80. The lowest BCUT2D eigenvalue weighted by Gasteiger charge is -2.26. The molecule has 1 aliphatic heterocycles. The summed E-state index contributed by atoms with van der Waals surface area (Å²) in [4.78, 5) is 17.2. The fourth-order valence-corrected chi connectivity index (χ4v) is 3.72. The largest absolute Gasteiger partial charge is 0.492 e. The van der Waals surface area contributed by atoms with Crippen molar-refractivity contribution in [1.29, 1.82) is 0 Å². The van der Waals surface area contributed by atoms with E-state index < -0.39 is 0 Å². The van der Waals surface area contributed by atoms with Crippen LogP contribution < -0.4 is 9.64 Å². The van der Waals surface area contributed by atoms with Gasteiger partial charge in [0, 0.05) is 30.6 Å². The van der Waals surface area contributed by atoms with E-state index in [2.05, 4.69) is 29.2 Å². The number of ether oxygens (including phenoxy) is 1. The smallest absolute Gasteiger partial charge is 0.241 e. The van der Waals surface area contributed by atoms with Gasteiger partial charge in [-0.15, -0.1) is 0 Å². The maximum atomic E-state index is 13.2. The van der Waals surface area contributed by atoms with Crippen LogP contribution in [0.25, 0.3) is 10.8 Å². The topological polar surface area (TPSA) is 32.8 Å². The van der Waals surface area contributed by atoms with Crippen LogP contribution in [0.1, 0.15) is 12.5 Å². The normalized spacial score (nSPS) is 14.3. The number of benzene rings is 3. The third-order valence-electron chi connectivity index (χ3n) is 5.07. The number of carbonyl (C=O) groups is 1. The first-order chi connectivity index (χ1) is 13.3. The standard InChI is InChI=1S/C23H24N2O2/c1-2-25(21-12-7-10-18-8-3-5-11-20(18)21)23(26)17-24-14-15-27-22-13-6-4-9-19(22)16-24/h3-13H,2,14-17H2,1H3. The highest BCUT2D eigenvalue weighted by molar-refractivity contribution is 6.04. The first-order valence-corrected chi connectivity index (χ1v) is 9.47. The number of carbonyl (C=O) groups excluding carboxylic acids is 1. The first-order valence-electron chi connectivity index (χ1n) is 9.47. The highest BCUT2D eigenvalue weighted by Crippen LogP contribution is 2.27. The monoisotopic (exact) mass is 360 g/mol. The molecule has 0 unspecified atom stereocenters. The van der Waals surface area contributed by atoms with Crippen molar-refractivity contribution >= 4 is 22.4 Å². The Morgan fingerprint density at radius 3 is 2.70 bits per heavy atom. The average molecular weight is 360 g/mol. The minimum Gasteiger partial charge on any atom is -0.492 e. The van der Waals surface area contributed by atoms with Gasteiger partial charge in [0.15, 0.2) is 0 Å². The second-order valence-corrected chi connectivity index (χ2v) is 6.80. The Balaban J connectivity index is 1.56. The Labute approximate surface area is 160 Å². The number of anilines is 1. The second-order valence-electron chi connectivity index (χ2n) is 6.80. The molecule has 0 saturated carbocycles. The average Bonchev–Trinajstić information content (AvgIpc) is 2.90. The van der Waals surface area contributed by atoms with Gasteiger partial charge >= 0.3 is 0 Å². The number of fused-ring (bicyclic) bond motifs is 2. The molecule has 3 aromatic carbocycles. The predicted octanol–water partition coefficient (Wildman–Crippen LogP) is 4.09. The molecule has 4 nitrogen and oxygen atoms in total. The highest BCUT2D eigenvalue weighted by atomic mass is 16.5. The fourth-order valence-electron chi connectivity index (χ4n) is 3.72. The number of hydrogen-bond acceptors (Lipinski definition) is 3. The van der Waals surface area contributed by atoms with Gasteiger partial charge in [0.1, 0.15) is 12.4 Å². The summed E-state index contributed by atoms with van der Waals surface area (Å²) in [6.45, 7) is 5.14. The van der Waals surface area contributed by atoms with Crippen molar-refractivity contribution in [3.63, 3.8) is 0 Å². The van der Waals surface area contributed by atoms with Gasteiger partial charge in [0.25, 0.3) is 0 Å². The maximum absolute atomic E-state index is 13.2. The SMILES string of the molecule is CCN(C(=O)CN1CCOc2ccccc2C1)c1cccc2ccccc12.